The maximum Gasteiger partial charge on any atom is 0.253 e. The third-order valence-electron chi connectivity index (χ3n) is 5.14. The van der Waals surface area contributed by atoms with Gasteiger partial charge in [0.25, 0.3) is 5.91 Å². The molecule has 0 unspecified atom stereocenters. The number of anilines is 4. The fraction of sp³-hybridized carbons (Fsp3) is 0.0800. The van der Waals surface area contributed by atoms with E-state index in [1.165, 1.54) is 18.3 Å². The van der Waals surface area contributed by atoms with Crippen LogP contribution >= 0.6 is 11.6 Å². The standard InChI is InChI=1S/C25H21ClFN5O3S/c1-28-24(33)20-4-2-3-5-22(20)31-23-21(26)14-29-25(32-23)30-18-10-6-16(7-11-18)15-36(34,35)19-12-8-17(27)9-13-19/h2-14H,15H2,1H3,(H,28,33)(H2,29,30,31,32). The van der Waals surface area contributed by atoms with E-state index in [0.717, 1.165) is 12.1 Å². The van der Waals surface area contributed by atoms with Gasteiger partial charge in [-0.05, 0) is 54.1 Å². The van der Waals surface area contributed by atoms with Crippen molar-refractivity contribution in [3.05, 3.63) is 101 Å². The number of hydrogen-bond acceptors (Lipinski definition) is 7. The first kappa shape index (κ1) is 25.1. The van der Waals surface area contributed by atoms with Crippen molar-refractivity contribution < 1.29 is 17.6 Å². The molecule has 1 aromatic heterocycles. The van der Waals surface area contributed by atoms with Gasteiger partial charge < -0.3 is 16.0 Å². The fourth-order valence-corrected chi connectivity index (χ4v) is 4.81. The number of aromatic nitrogens is 2. The molecule has 1 amide bonds. The zero-order valence-corrected chi connectivity index (χ0v) is 20.6. The van der Waals surface area contributed by atoms with Gasteiger partial charge in [0, 0.05) is 12.7 Å². The number of sulfone groups is 1. The molecule has 0 saturated heterocycles. The van der Waals surface area contributed by atoms with Crippen LogP contribution in [0.4, 0.5) is 27.5 Å². The van der Waals surface area contributed by atoms with Crippen molar-refractivity contribution in [2.45, 2.75) is 10.6 Å². The van der Waals surface area contributed by atoms with Crippen molar-refractivity contribution in [2.24, 2.45) is 0 Å². The van der Waals surface area contributed by atoms with E-state index in [0.29, 0.717) is 28.3 Å². The van der Waals surface area contributed by atoms with Gasteiger partial charge in [0.2, 0.25) is 5.95 Å². The highest BCUT2D eigenvalue weighted by Crippen LogP contribution is 2.27. The molecule has 0 atom stereocenters. The first-order chi connectivity index (χ1) is 17.2. The van der Waals surface area contributed by atoms with E-state index in [1.54, 1.807) is 55.6 Å². The van der Waals surface area contributed by atoms with Crippen molar-refractivity contribution in [2.75, 3.05) is 17.7 Å². The molecule has 4 aromatic rings. The minimum atomic E-state index is -3.62. The lowest BCUT2D eigenvalue weighted by Gasteiger charge is -2.13. The highest BCUT2D eigenvalue weighted by molar-refractivity contribution is 7.90. The summed E-state index contributed by atoms with van der Waals surface area (Å²) in [5, 5.41) is 8.95. The Morgan fingerprint density at radius 3 is 2.36 bits per heavy atom. The van der Waals surface area contributed by atoms with Gasteiger partial charge in [0.05, 0.1) is 28.1 Å². The van der Waals surface area contributed by atoms with Crippen molar-refractivity contribution >= 4 is 50.5 Å². The molecule has 0 aliphatic rings. The number of hydrogen-bond donors (Lipinski definition) is 3. The van der Waals surface area contributed by atoms with Gasteiger partial charge in [-0.2, -0.15) is 4.98 Å². The molecule has 0 radical (unpaired) electrons. The van der Waals surface area contributed by atoms with Crippen LogP contribution in [0.3, 0.4) is 0 Å². The Morgan fingerprint density at radius 1 is 0.972 bits per heavy atom. The summed E-state index contributed by atoms with van der Waals surface area (Å²) >= 11 is 6.26. The molecule has 3 N–H and O–H groups in total. The van der Waals surface area contributed by atoms with Crippen molar-refractivity contribution in [3.8, 4) is 0 Å². The van der Waals surface area contributed by atoms with Gasteiger partial charge in [-0.3, -0.25) is 4.79 Å². The molecule has 0 spiro atoms. The molecule has 1 heterocycles. The molecule has 11 heteroatoms. The first-order valence-electron chi connectivity index (χ1n) is 10.7. The van der Waals surface area contributed by atoms with Crippen LogP contribution in [0.1, 0.15) is 15.9 Å². The minimum absolute atomic E-state index is 0.0543. The summed E-state index contributed by atoms with van der Waals surface area (Å²) < 4.78 is 38.3. The van der Waals surface area contributed by atoms with Crippen LogP contribution in [0.2, 0.25) is 5.02 Å². The second kappa shape index (κ2) is 10.7. The summed E-state index contributed by atoms with van der Waals surface area (Å²) in [6.45, 7) is 0. The van der Waals surface area contributed by atoms with E-state index in [-0.39, 0.29) is 27.5 Å². The Balaban J connectivity index is 1.48. The summed E-state index contributed by atoms with van der Waals surface area (Å²) in [6, 6.07) is 18.4. The maximum atomic E-state index is 13.1. The molecule has 0 aliphatic carbocycles. The predicted molar refractivity (Wildman–Crippen MR) is 137 cm³/mol. The number of halogens is 2. The molecule has 0 saturated carbocycles. The number of nitrogens with zero attached hydrogens (tertiary/aromatic N) is 2. The number of carbonyl (C=O) groups excluding carboxylic acids is 1. The number of para-hydroxylation sites is 1. The average molecular weight is 526 g/mol. The molecule has 4 rings (SSSR count). The summed E-state index contributed by atoms with van der Waals surface area (Å²) in [7, 11) is -2.07. The number of amides is 1. The van der Waals surface area contributed by atoms with Crippen LogP contribution in [0.5, 0.6) is 0 Å². The fourth-order valence-electron chi connectivity index (χ4n) is 3.33. The van der Waals surface area contributed by atoms with Crippen LogP contribution in [-0.4, -0.2) is 31.3 Å². The summed E-state index contributed by atoms with van der Waals surface area (Å²) in [5.41, 5.74) is 2.14. The topological polar surface area (TPSA) is 113 Å². The van der Waals surface area contributed by atoms with Gasteiger partial charge in [-0.15, -0.1) is 0 Å². The second-order valence-corrected chi connectivity index (χ2v) is 10.1. The number of carbonyl (C=O) groups is 1. The van der Waals surface area contributed by atoms with Gasteiger partial charge in [-0.1, -0.05) is 35.9 Å². The zero-order chi connectivity index (χ0) is 25.7. The SMILES string of the molecule is CNC(=O)c1ccccc1Nc1nc(Nc2ccc(CS(=O)(=O)c3ccc(F)cc3)cc2)ncc1Cl. The van der Waals surface area contributed by atoms with Gasteiger partial charge in [-0.25, -0.2) is 17.8 Å². The Labute approximate surface area is 212 Å². The molecular formula is C25H21ClFN5O3S. The maximum absolute atomic E-state index is 13.1. The van der Waals surface area contributed by atoms with Crippen LogP contribution in [0.15, 0.2) is 83.9 Å². The van der Waals surface area contributed by atoms with E-state index in [4.69, 9.17) is 11.6 Å². The van der Waals surface area contributed by atoms with Crippen molar-refractivity contribution in [1.29, 1.82) is 0 Å². The zero-order valence-electron chi connectivity index (χ0n) is 19.0. The quantitative estimate of drug-likeness (QED) is 0.275. The Kier molecular flexibility index (Phi) is 7.47. The van der Waals surface area contributed by atoms with Crippen LogP contribution in [0.25, 0.3) is 0 Å². The van der Waals surface area contributed by atoms with Crippen LogP contribution in [-0.2, 0) is 15.6 Å². The smallest absolute Gasteiger partial charge is 0.253 e. The lowest BCUT2D eigenvalue weighted by atomic mass is 10.1. The Hall–Kier alpha value is -4.02. The van der Waals surface area contributed by atoms with E-state index in [1.807, 2.05) is 0 Å². The number of rotatable bonds is 8. The van der Waals surface area contributed by atoms with Gasteiger partial charge in [0.15, 0.2) is 15.7 Å². The molecule has 36 heavy (non-hydrogen) atoms. The predicted octanol–water partition coefficient (Wildman–Crippen LogP) is 5.09. The third-order valence-corrected chi connectivity index (χ3v) is 7.12. The summed E-state index contributed by atoms with van der Waals surface area (Å²) in [4.78, 5) is 20.8. The van der Waals surface area contributed by atoms with Crippen molar-refractivity contribution in [1.82, 2.24) is 15.3 Å². The van der Waals surface area contributed by atoms with Crippen LogP contribution < -0.4 is 16.0 Å². The summed E-state index contributed by atoms with van der Waals surface area (Å²) in [5.74, 6) is -0.445. The number of benzene rings is 3. The molecule has 0 bridgehead atoms. The van der Waals surface area contributed by atoms with Gasteiger partial charge in [0.1, 0.15) is 10.8 Å². The molecule has 3 aromatic carbocycles. The molecule has 0 fully saturated rings. The Bertz CT molecular complexity index is 1500. The largest absolute Gasteiger partial charge is 0.355 e. The van der Waals surface area contributed by atoms with Crippen molar-refractivity contribution in [3.63, 3.8) is 0 Å². The van der Waals surface area contributed by atoms with E-state index in [9.17, 15) is 17.6 Å². The lowest BCUT2D eigenvalue weighted by Crippen LogP contribution is -2.19. The second-order valence-electron chi connectivity index (χ2n) is 7.67. The van der Waals surface area contributed by atoms with Gasteiger partial charge >= 0.3 is 0 Å². The van der Waals surface area contributed by atoms with E-state index < -0.39 is 15.7 Å². The molecular weight excluding hydrogens is 505 g/mol. The summed E-state index contributed by atoms with van der Waals surface area (Å²) in [6.07, 6.45) is 1.42. The number of nitrogens with one attached hydrogen (secondary N) is 3. The molecule has 0 aliphatic heterocycles. The Morgan fingerprint density at radius 2 is 1.67 bits per heavy atom. The molecule has 8 nitrogen and oxygen atoms in total. The lowest BCUT2D eigenvalue weighted by molar-refractivity contribution is 0.0964. The third kappa shape index (κ3) is 5.96. The van der Waals surface area contributed by atoms with Crippen LogP contribution in [0, 0.1) is 5.82 Å². The van der Waals surface area contributed by atoms with E-state index >= 15 is 0 Å². The van der Waals surface area contributed by atoms with E-state index in [2.05, 4.69) is 25.9 Å². The monoisotopic (exact) mass is 525 g/mol. The molecule has 184 valence electrons. The highest BCUT2D eigenvalue weighted by Gasteiger charge is 2.16. The average Bonchev–Trinajstić information content (AvgIpc) is 2.87. The highest BCUT2D eigenvalue weighted by atomic mass is 35.5. The normalized spacial score (nSPS) is 11.1. The first-order valence-corrected chi connectivity index (χ1v) is 12.7. The minimum Gasteiger partial charge on any atom is -0.355 e.